The normalized spacial score (nSPS) is 10.5. The van der Waals surface area contributed by atoms with E-state index in [1.54, 1.807) is 0 Å². The maximum Gasteiger partial charge on any atom is 0.255 e. The minimum Gasteiger partial charge on any atom is -0.338 e. The summed E-state index contributed by atoms with van der Waals surface area (Å²) in [7, 11) is 0. The van der Waals surface area contributed by atoms with Gasteiger partial charge in [-0.1, -0.05) is 0 Å². The van der Waals surface area contributed by atoms with E-state index in [4.69, 9.17) is 12.2 Å². The minimum absolute atomic E-state index is 0.135. The van der Waals surface area contributed by atoms with Crippen LogP contribution in [0.3, 0.4) is 0 Å². The van der Waals surface area contributed by atoms with E-state index < -0.39 is 11.6 Å². The zero-order valence-electron chi connectivity index (χ0n) is 8.59. The zero-order chi connectivity index (χ0) is 12.4. The number of hydrogen-bond donors (Lipinski definition) is 2. The molecular formula is C11H8F2N2OS. The molecule has 2 aromatic rings. The van der Waals surface area contributed by atoms with Crippen LogP contribution in [0, 0.1) is 16.4 Å². The molecule has 0 aliphatic carbocycles. The molecule has 0 saturated carbocycles. The van der Waals surface area contributed by atoms with Crippen molar-refractivity contribution in [3.63, 3.8) is 0 Å². The summed E-state index contributed by atoms with van der Waals surface area (Å²) in [5.41, 5.74) is 0.389. The Hall–Kier alpha value is -1.82. The first-order valence-corrected chi connectivity index (χ1v) is 5.21. The lowest BCUT2D eigenvalue weighted by atomic mass is 10.1. The number of rotatable bonds is 2. The molecule has 2 rings (SSSR count). The second-order valence-corrected chi connectivity index (χ2v) is 3.96. The van der Waals surface area contributed by atoms with Crippen LogP contribution in [0.15, 0.2) is 29.2 Å². The number of hydrogen-bond acceptors (Lipinski definition) is 2. The summed E-state index contributed by atoms with van der Waals surface area (Å²) in [6.45, 7) is 0. The Balaban J connectivity index is 2.38. The largest absolute Gasteiger partial charge is 0.338 e. The van der Waals surface area contributed by atoms with E-state index in [1.807, 2.05) is 0 Å². The molecule has 0 unspecified atom stereocenters. The van der Waals surface area contributed by atoms with Crippen LogP contribution in [-0.2, 0) is 6.42 Å². The lowest BCUT2D eigenvalue weighted by Crippen LogP contribution is -2.13. The molecule has 88 valence electrons. The number of benzene rings is 1. The summed E-state index contributed by atoms with van der Waals surface area (Å²) in [6.07, 6.45) is 1.57. The second kappa shape index (κ2) is 4.58. The summed E-state index contributed by atoms with van der Waals surface area (Å²) in [5.74, 6) is -1.33. The Kier molecular flexibility index (Phi) is 3.14. The van der Waals surface area contributed by atoms with Crippen molar-refractivity contribution in [2.24, 2.45) is 0 Å². The number of halogens is 2. The van der Waals surface area contributed by atoms with E-state index in [-0.39, 0.29) is 16.8 Å². The minimum atomic E-state index is -0.666. The van der Waals surface area contributed by atoms with Crippen molar-refractivity contribution in [3.05, 3.63) is 62.3 Å². The van der Waals surface area contributed by atoms with Crippen molar-refractivity contribution in [2.45, 2.75) is 6.42 Å². The van der Waals surface area contributed by atoms with Gasteiger partial charge in [-0.25, -0.2) is 8.78 Å². The molecule has 0 radical (unpaired) electrons. The molecule has 1 heterocycles. The quantitative estimate of drug-likeness (QED) is 0.808. The van der Waals surface area contributed by atoms with E-state index >= 15 is 0 Å². The molecule has 1 aromatic heterocycles. The number of nitrogens with one attached hydrogen (secondary N) is 2. The molecule has 0 aliphatic heterocycles. The van der Waals surface area contributed by atoms with Crippen LogP contribution in [-0.4, -0.2) is 9.97 Å². The third kappa shape index (κ3) is 2.85. The van der Waals surface area contributed by atoms with Gasteiger partial charge in [-0.05, 0) is 29.9 Å². The number of aromatic amines is 2. The smallest absolute Gasteiger partial charge is 0.255 e. The Morgan fingerprint density at radius 2 is 1.82 bits per heavy atom. The van der Waals surface area contributed by atoms with Gasteiger partial charge < -0.3 is 4.98 Å². The fourth-order valence-corrected chi connectivity index (χ4v) is 1.65. The monoisotopic (exact) mass is 254 g/mol. The highest BCUT2D eigenvalue weighted by Gasteiger charge is 2.04. The predicted octanol–water partition coefficient (Wildman–Crippen LogP) is 2.30. The van der Waals surface area contributed by atoms with Gasteiger partial charge >= 0.3 is 0 Å². The van der Waals surface area contributed by atoms with E-state index in [0.29, 0.717) is 11.1 Å². The van der Waals surface area contributed by atoms with Crippen LogP contribution in [0.2, 0.25) is 0 Å². The van der Waals surface area contributed by atoms with Gasteiger partial charge in [0.2, 0.25) is 0 Å². The zero-order valence-corrected chi connectivity index (χ0v) is 9.41. The van der Waals surface area contributed by atoms with Crippen LogP contribution in [0.25, 0.3) is 0 Å². The molecule has 0 bridgehead atoms. The molecule has 0 aliphatic rings. The van der Waals surface area contributed by atoms with Crippen molar-refractivity contribution >= 4 is 12.2 Å². The van der Waals surface area contributed by atoms with E-state index in [2.05, 4.69) is 9.97 Å². The van der Waals surface area contributed by atoms with Crippen LogP contribution in [0.4, 0.5) is 8.78 Å². The van der Waals surface area contributed by atoms with Crippen molar-refractivity contribution in [1.29, 1.82) is 0 Å². The summed E-state index contributed by atoms with van der Waals surface area (Å²) in [4.78, 5) is 16.6. The van der Waals surface area contributed by atoms with Crippen molar-refractivity contribution in [2.75, 3.05) is 0 Å². The standard InChI is InChI=1S/C11H8F2N2OS/c12-8-2-6(3-9(13)4-8)1-7-5-14-11(17)15-10(7)16/h2-5H,1H2,(H2,14,15,16,17). The topological polar surface area (TPSA) is 48.6 Å². The van der Waals surface area contributed by atoms with E-state index in [1.165, 1.54) is 18.3 Å². The summed E-state index contributed by atoms with van der Waals surface area (Å²) in [6, 6.07) is 3.15. The van der Waals surface area contributed by atoms with Gasteiger partial charge in [-0.2, -0.15) is 0 Å². The SMILES string of the molecule is O=c1[nH]c(=S)[nH]cc1Cc1cc(F)cc(F)c1. The summed E-state index contributed by atoms with van der Waals surface area (Å²) in [5, 5.41) is 0. The highest BCUT2D eigenvalue weighted by atomic mass is 32.1. The highest BCUT2D eigenvalue weighted by Crippen LogP contribution is 2.10. The molecule has 0 fully saturated rings. The molecule has 6 heteroatoms. The Labute approximate surface area is 100 Å². The van der Waals surface area contributed by atoms with Crippen LogP contribution in [0.5, 0.6) is 0 Å². The van der Waals surface area contributed by atoms with Crippen LogP contribution >= 0.6 is 12.2 Å². The summed E-state index contributed by atoms with van der Waals surface area (Å²) < 4.78 is 26.1. The van der Waals surface area contributed by atoms with Gasteiger partial charge in [0, 0.05) is 24.2 Å². The molecular weight excluding hydrogens is 246 g/mol. The number of aromatic nitrogens is 2. The first-order valence-electron chi connectivity index (χ1n) is 4.80. The Morgan fingerprint density at radius 3 is 2.41 bits per heavy atom. The van der Waals surface area contributed by atoms with Crippen LogP contribution < -0.4 is 5.56 Å². The average molecular weight is 254 g/mol. The number of H-pyrrole nitrogens is 2. The van der Waals surface area contributed by atoms with Crippen molar-refractivity contribution < 1.29 is 8.78 Å². The maximum atomic E-state index is 12.9. The predicted molar refractivity (Wildman–Crippen MR) is 61.4 cm³/mol. The molecule has 3 nitrogen and oxygen atoms in total. The van der Waals surface area contributed by atoms with Gasteiger partial charge in [0.25, 0.3) is 5.56 Å². The van der Waals surface area contributed by atoms with Gasteiger partial charge in [-0.15, -0.1) is 0 Å². The van der Waals surface area contributed by atoms with Crippen LogP contribution in [0.1, 0.15) is 11.1 Å². The third-order valence-corrected chi connectivity index (χ3v) is 2.43. The third-order valence-electron chi connectivity index (χ3n) is 2.21. The first kappa shape index (κ1) is 11.7. The van der Waals surface area contributed by atoms with Crippen molar-refractivity contribution in [3.8, 4) is 0 Å². The molecule has 0 amide bonds. The molecule has 0 spiro atoms. The fourth-order valence-electron chi connectivity index (χ4n) is 1.50. The lowest BCUT2D eigenvalue weighted by Gasteiger charge is -2.01. The molecule has 1 aromatic carbocycles. The second-order valence-electron chi connectivity index (χ2n) is 3.55. The highest BCUT2D eigenvalue weighted by molar-refractivity contribution is 7.71. The molecule has 17 heavy (non-hydrogen) atoms. The fraction of sp³-hybridized carbons (Fsp3) is 0.0909. The molecule has 0 saturated heterocycles. The molecule has 2 N–H and O–H groups in total. The van der Waals surface area contributed by atoms with Crippen molar-refractivity contribution in [1.82, 2.24) is 9.97 Å². The lowest BCUT2D eigenvalue weighted by molar-refractivity contribution is 0.580. The summed E-state index contributed by atoms with van der Waals surface area (Å²) >= 11 is 4.73. The maximum absolute atomic E-state index is 12.9. The first-order chi connectivity index (χ1) is 8.04. The van der Waals surface area contributed by atoms with Gasteiger partial charge in [-0.3, -0.25) is 9.78 Å². The van der Waals surface area contributed by atoms with Gasteiger partial charge in [0.05, 0.1) is 0 Å². The van der Waals surface area contributed by atoms with E-state index in [0.717, 1.165) is 6.07 Å². The Bertz CT molecular complexity index is 643. The van der Waals surface area contributed by atoms with E-state index in [9.17, 15) is 13.6 Å². The average Bonchev–Trinajstić information content (AvgIpc) is 2.21. The van der Waals surface area contributed by atoms with Gasteiger partial charge in [0.1, 0.15) is 11.6 Å². The van der Waals surface area contributed by atoms with Gasteiger partial charge in [0.15, 0.2) is 4.77 Å². The molecule has 0 atom stereocenters. The Morgan fingerprint density at radius 1 is 1.18 bits per heavy atom.